The van der Waals surface area contributed by atoms with E-state index in [1.54, 1.807) is 40.7 Å². The summed E-state index contributed by atoms with van der Waals surface area (Å²) in [6.07, 6.45) is -2.67. The van der Waals surface area contributed by atoms with Gasteiger partial charge in [0.25, 0.3) is 6.43 Å². The lowest BCUT2D eigenvalue weighted by atomic mass is 9.73. The molecule has 2 aromatic rings. The van der Waals surface area contributed by atoms with Crippen molar-refractivity contribution in [1.29, 1.82) is 10.5 Å². The second-order valence-corrected chi connectivity index (χ2v) is 8.56. The lowest BCUT2D eigenvalue weighted by Crippen LogP contribution is -2.26. The fraction of sp³-hybridized carbons (Fsp3) is 0.391. The van der Waals surface area contributed by atoms with E-state index in [0.29, 0.717) is 11.1 Å². The minimum atomic E-state index is -2.77. The number of rotatable bonds is 4. The molecule has 0 unspecified atom stereocenters. The molecular weight excluding hydrogens is 361 g/mol. The first-order chi connectivity index (χ1) is 12.9. The van der Waals surface area contributed by atoms with Crippen molar-refractivity contribution in [2.45, 2.75) is 58.3 Å². The Balaban J connectivity index is 2.71. The molecular formula is C23H23F3N2. The van der Waals surface area contributed by atoms with Gasteiger partial charge in [-0.25, -0.2) is 13.2 Å². The number of halogens is 3. The van der Waals surface area contributed by atoms with Gasteiger partial charge in [0.05, 0.1) is 23.3 Å². The number of nitriles is 2. The molecule has 28 heavy (non-hydrogen) atoms. The standard InChI is InChI=1S/C23H23F3N2/c1-22(2,3)20-16(13-28)10-9-14(18(20)21(25)26)11-23(4,5)19-15(12-27)7-6-8-17(19)24/h6-10,21H,11H2,1-5H3. The Morgan fingerprint density at radius 3 is 1.96 bits per heavy atom. The Kier molecular flexibility index (Phi) is 5.90. The quantitative estimate of drug-likeness (QED) is 0.619. The van der Waals surface area contributed by atoms with Crippen molar-refractivity contribution in [3.63, 3.8) is 0 Å². The van der Waals surface area contributed by atoms with E-state index in [1.165, 1.54) is 24.3 Å². The molecule has 0 amide bonds. The van der Waals surface area contributed by atoms with E-state index in [2.05, 4.69) is 0 Å². The van der Waals surface area contributed by atoms with Crippen molar-refractivity contribution in [2.24, 2.45) is 0 Å². The molecule has 0 saturated heterocycles. The molecule has 2 aromatic carbocycles. The molecule has 0 bridgehead atoms. The average Bonchev–Trinajstić information content (AvgIpc) is 2.59. The Bertz CT molecular complexity index is 971. The first kappa shape index (κ1) is 21.5. The molecule has 2 nitrogen and oxygen atoms in total. The molecule has 5 heteroatoms. The van der Waals surface area contributed by atoms with Gasteiger partial charge >= 0.3 is 0 Å². The van der Waals surface area contributed by atoms with Gasteiger partial charge in [0, 0.05) is 11.1 Å². The smallest absolute Gasteiger partial charge is 0.207 e. The van der Waals surface area contributed by atoms with Gasteiger partial charge in [-0.15, -0.1) is 0 Å². The maximum atomic E-state index is 14.5. The maximum Gasteiger partial charge on any atom is 0.264 e. The largest absolute Gasteiger partial charge is 0.264 e. The Labute approximate surface area is 164 Å². The summed E-state index contributed by atoms with van der Waals surface area (Å²) < 4.78 is 42.7. The predicted molar refractivity (Wildman–Crippen MR) is 103 cm³/mol. The fourth-order valence-corrected chi connectivity index (χ4v) is 3.84. The summed E-state index contributed by atoms with van der Waals surface area (Å²) >= 11 is 0. The summed E-state index contributed by atoms with van der Waals surface area (Å²) in [4.78, 5) is 0. The average molecular weight is 384 g/mol. The van der Waals surface area contributed by atoms with Crippen LogP contribution >= 0.6 is 0 Å². The lowest BCUT2D eigenvalue weighted by molar-refractivity contribution is 0.147. The third-order valence-electron chi connectivity index (χ3n) is 4.87. The Morgan fingerprint density at radius 1 is 0.893 bits per heavy atom. The van der Waals surface area contributed by atoms with Crippen LogP contribution in [0.2, 0.25) is 0 Å². The van der Waals surface area contributed by atoms with Gasteiger partial charge in [0.2, 0.25) is 0 Å². The number of benzene rings is 2. The normalized spacial score (nSPS) is 12.0. The lowest BCUT2D eigenvalue weighted by Gasteiger charge is -2.31. The van der Waals surface area contributed by atoms with Crippen molar-refractivity contribution in [1.82, 2.24) is 0 Å². The summed E-state index contributed by atoms with van der Waals surface area (Å²) in [6, 6.07) is 11.3. The van der Waals surface area contributed by atoms with Crippen LogP contribution in [0.1, 0.15) is 74.4 Å². The first-order valence-corrected chi connectivity index (χ1v) is 8.97. The van der Waals surface area contributed by atoms with Crippen molar-refractivity contribution < 1.29 is 13.2 Å². The minimum absolute atomic E-state index is 0.108. The molecule has 0 aromatic heterocycles. The third-order valence-corrected chi connectivity index (χ3v) is 4.87. The van der Waals surface area contributed by atoms with Crippen LogP contribution in [0.4, 0.5) is 13.2 Å². The van der Waals surface area contributed by atoms with Gasteiger partial charge < -0.3 is 0 Å². The van der Waals surface area contributed by atoms with Gasteiger partial charge in [-0.1, -0.05) is 46.8 Å². The summed E-state index contributed by atoms with van der Waals surface area (Å²) in [5.41, 5.74) is -0.450. The molecule has 2 rings (SSSR count). The van der Waals surface area contributed by atoms with Crippen molar-refractivity contribution in [3.05, 3.63) is 69.5 Å². The van der Waals surface area contributed by atoms with Crippen molar-refractivity contribution in [2.75, 3.05) is 0 Å². The maximum absolute atomic E-state index is 14.5. The Morgan fingerprint density at radius 2 is 1.46 bits per heavy atom. The summed E-state index contributed by atoms with van der Waals surface area (Å²) in [5, 5.41) is 18.8. The molecule has 0 heterocycles. The van der Waals surface area contributed by atoms with Gasteiger partial charge in [-0.2, -0.15) is 10.5 Å². The SMILES string of the molecule is CC(C)(C)c1c(C#N)ccc(CC(C)(C)c2c(F)cccc2C#N)c1C(F)F. The second kappa shape index (κ2) is 7.68. The molecule has 0 N–H and O–H groups in total. The minimum Gasteiger partial charge on any atom is -0.207 e. The molecule has 146 valence electrons. The highest BCUT2D eigenvalue weighted by atomic mass is 19.3. The van der Waals surface area contributed by atoms with Crippen molar-refractivity contribution >= 4 is 0 Å². The highest BCUT2D eigenvalue weighted by Crippen LogP contribution is 2.40. The topological polar surface area (TPSA) is 47.6 Å². The van der Waals surface area contributed by atoms with Crippen LogP contribution in [0.3, 0.4) is 0 Å². The third kappa shape index (κ3) is 4.04. The zero-order valence-corrected chi connectivity index (χ0v) is 16.7. The highest BCUT2D eigenvalue weighted by Gasteiger charge is 2.33. The highest BCUT2D eigenvalue weighted by molar-refractivity contribution is 5.52. The van der Waals surface area contributed by atoms with E-state index in [-0.39, 0.29) is 28.7 Å². The van der Waals surface area contributed by atoms with E-state index < -0.39 is 23.1 Å². The number of hydrogen-bond acceptors (Lipinski definition) is 2. The van der Waals surface area contributed by atoms with Crippen LogP contribution in [0.25, 0.3) is 0 Å². The Hall–Kier alpha value is -2.79. The van der Waals surface area contributed by atoms with E-state index in [1.807, 2.05) is 12.1 Å². The summed E-state index contributed by atoms with van der Waals surface area (Å²) in [6.45, 7) is 8.82. The molecule has 0 atom stereocenters. The predicted octanol–water partition coefficient (Wildman–Crippen LogP) is 6.32. The summed E-state index contributed by atoms with van der Waals surface area (Å²) in [7, 11) is 0. The van der Waals surface area contributed by atoms with Gasteiger partial charge in [0.1, 0.15) is 5.82 Å². The zero-order valence-electron chi connectivity index (χ0n) is 16.7. The van der Waals surface area contributed by atoms with Crippen LogP contribution < -0.4 is 0 Å². The number of alkyl halides is 2. The van der Waals surface area contributed by atoms with Crippen LogP contribution in [0.15, 0.2) is 30.3 Å². The molecule has 0 aliphatic heterocycles. The number of hydrogen-bond donors (Lipinski definition) is 0. The summed E-state index contributed by atoms with van der Waals surface area (Å²) in [5.74, 6) is -0.535. The second-order valence-electron chi connectivity index (χ2n) is 8.56. The van der Waals surface area contributed by atoms with Crippen LogP contribution in [0, 0.1) is 28.5 Å². The monoisotopic (exact) mass is 384 g/mol. The van der Waals surface area contributed by atoms with Crippen LogP contribution in [-0.4, -0.2) is 0 Å². The molecule has 0 radical (unpaired) electrons. The van der Waals surface area contributed by atoms with Gasteiger partial charge in [0.15, 0.2) is 0 Å². The van der Waals surface area contributed by atoms with Gasteiger partial charge in [-0.05, 0) is 46.6 Å². The molecule has 0 spiro atoms. The van der Waals surface area contributed by atoms with E-state index >= 15 is 0 Å². The van der Waals surface area contributed by atoms with Gasteiger partial charge in [-0.3, -0.25) is 0 Å². The van der Waals surface area contributed by atoms with Crippen LogP contribution in [-0.2, 0) is 17.3 Å². The molecule has 0 aliphatic rings. The van der Waals surface area contributed by atoms with Crippen molar-refractivity contribution in [3.8, 4) is 12.1 Å². The first-order valence-electron chi connectivity index (χ1n) is 8.97. The van der Waals surface area contributed by atoms with E-state index in [0.717, 1.165) is 0 Å². The molecule has 0 saturated carbocycles. The number of nitrogens with zero attached hydrogens (tertiary/aromatic N) is 2. The fourth-order valence-electron chi connectivity index (χ4n) is 3.84. The van der Waals surface area contributed by atoms with E-state index in [4.69, 9.17) is 0 Å². The zero-order chi connectivity index (χ0) is 21.3. The molecule has 0 fully saturated rings. The van der Waals surface area contributed by atoms with Crippen LogP contribution in [0.5, 0.6) is 0 Å². The van der Waals surface area contributed by atoms with E-state index in [9.17, 15) is 23.7 Å². The molecule has 0 aliphatic carbocycles.